The Hall–Kier alpha value is -0.620. The van der Waals surface area contributed by atoms with Crippen molar-refractivity contribution >= 4 is 21.4 Å². The first-order valence-corrected chi connectivity index (χ1v) is 8.16. The van der Waals surface area contributed by atoms with Crippen molar-refractivity contribution in [2.24, 2.45) is 11.1 Å². The van der Waals surface area contributed by atoms with Crippen molar-refractivity contribution in [1.29, 1.82) is 0 Å². The number of nitrogens with two attached hydrogens (primary N) is 1. The largest absolute Gasteiger partial charge is 0.381 e. The lowest BCUT2D eigenvalue weighted by molar-refractivity contribution is 0.104. The van der Waals surface area contributed by atoms with Gasteiger partial charge >= 0.3 is 0 Å². The zero-order valence-electron chi connectivity index (χ0n) is 10.8. The highest BCUT2D eigenvalue weighted by Crippen LogP contribution is 2.52. The summed E-state index contributed by atoms with van der Waals surface area (Å²) in [7, 11) is -3.35. The monoisotopic (exact) mass is 303 g/mol. The van der Waals surface area contributed by atoms with Gasteiger partial charge in [-0.3, -0.25) is 0 Å². The van der Waals surface area contributed by atoms with E-state index in [1.165, 1.54) is 12.1 Å². The third-order valence-electron chi connectivity index (χ3n) is 3.63. The molecule has 0 unspecified atom stereocenters. The van der Waals surface area contributed by atoms with Crippen LogP contribution in [0.15, 0.2) is 29.2 Å². The standard InChI is InChI=1S/C13H18ClNO3S/c1-2-18-9-13(8-15)7-12(13)19(16,17)11-5-3-10(14)4-6-11/h3-6,12H,2,7-9,15H2,1H3/t12-,13-/m1/s1. The molecule has 0 aromatic heterocycles. The van der Waals surface area contributed by atoms with Crippen molar-refractivity contribution in [2.75, 3.05) is 19.8 Å². The number of hydrogen-bond acceptors (Lipinski definition) is 4. The summed E-state index contributed by atoms with van der Waals surface area (Å²) in [5, 5.41) is 0.0758. The minimum absolute atomic E-state index is 0.300. The third-order valence-corrected chi connectivity index (χ3v) is 6.23. The highest BCUT2D eigenvalue weighted by molar-refractivity contribution is 7.92. The van der Waals surface area contributed by atoms with Crippen LogP contribution in [-0.4, -0.2) is 33.4 Å². The highest BCUT2D eigenvalue weighted by Gasteiger charge is 2.60. The topological polar surface area (TPSA) is 69.4 Å². The molecule has 0 heterocycles. The van der Waals surface area contributed by atoms with Gasteiger partial charge in [-0.1, -0.05) is 11.6 Å². The van der Waals surface area contributed by atoms with Crippen LogP contribution >= 0.6 is 11.6 Å². The Morgan fingerprint density at radius 2 is 2.05 bits per heavy atom. The summed E-state index contributed by atoms with van der Waals surface area (Å²) in [6.07, 6.45) is 0.564. The predicted octanol–water partition coefficient (Wildman–Crippen LogP) is 1.87. The predicted molar refractivity (Wildman–Crippen MR) is 75.0 cm³/mol. The van der Waals surface area contributed by atoms with E-state index in [0.29, 0.717) is 36.1 Å². The Kier molecular flexibility index (Phi) is 4.20. The second-order valence-corrected chi connectivity index (χ2v) is 7.46. The lowest BCUT2D eigenvalue weighted by Gasteiger charge is -2.15. The summed E-state index contributed by atoms with van der Waals surface area (Å²) in [5.41, 5.74) is 5.31. The van der Waals surface area contributed by atoms with Gasteiger partial charge in [-0.05, 0) is 37.6 Å². The molecule has 1 aliphatic rings. The summed E-state index contributed by atoms with van der Waals surface area (Å²) in [6.45, 7) is 3.17. The second kappa shape index (κ2) is 5.40. The third kappa shape index (κ3) is 2.79. The van der Waals surface area contributed by atoms with Crippen LogP contribution in [0.3, 0.4) is 0 Å². The summed E-state index contributed by atoms with van der Waals surface area (Å²) < 4.78 is 30.3. The molecular formula is C13H18ClNO3S. The van der Waals surface area contributed by atoms with Gasteiger partial charge in [0.2, 0.25) is 0 Å². The average Bonchev–Trinajstić information content (AvgIpc) is 3.13. The molecule has 2 N–H and O–H groups in total. The van der Waals surface area contributed by atoms with Gasteiger partial charge in [0, 0.05) is 23.6 Å². The average molecular weight is 304 g/mol. The van der Waals surface area contributed by atoms with E-state index in [-0.39, 0.29) is 0 Å². The molecular weight excluding hydrogens is 286 g/mol. The molecule has 0 amide bonds. The maximum Gasteiger partial charge on any atom is 0.181 e. The Labute approximate surface area is 118 Å². The smallest absolute Gasteiger partial charge is 0.181 e. The Morgan fingerprint density at radius 3 is 2.58 bits per heavy atom. The Balaban J connectivity index is 2.20. The summed E-state index contributed by atoms with van der Waals surface area (Å²) >= 11 is 5.77. The Bertz CT molecular complexity index is 544. The van der Waals surface area contributed by atoms with E-state index >= 15 is 0 Å². The van der Waals surface area contributed by atoms with Crippen molar-refractivity contribution in [3.05, 3.63) is 29.3 Å². The van der Waals surface area contributed by atoms with Crippen LogP contribution in [0, 0.1) is 5.41 Å². The lowest BCUT2D eigenvalue weighted by Crippen LogP contribution is -2.28. The number of ether oxygens (including phenoxy) is 1. The molecule has 1 aromatic carbocycles. The number of hydrogen-bond donors (Lipinski definition) is 1. The van der Waals surface area contributed by atoms with E-state index in [1.807, 2.05) is 6.92 Å². The fourth-order valence-electron chi connectivity index (χ4n) is 2.27. The van der Waals surface area contributed by atoms with Gasteiger partial charge in [-0.25, -0.2) is 8.42 Å². The van der Waals surface area contributed by atoms with Crippen LogP contribution < -0.4 is 5.73 Å². The number of halogens is 1. The van der Waals surface area contributed by atoms with Gasteiger partial charge in [-0.2, -0.15) is 0 Å². The lowest BCUT2D eigenvalue weighted by atomic mass is 10.1. The van der Waals surface area contributed by atoms with Crippen LogP contribution in [0.4, 0.5) is 0 Å². The zero-order valence-corrected chi connectivity index (χ0v) is 12.4. The highest BCUT2D eigenvalue weighted by atomic mass is 35.5. The maximum absolute atomic E-state index is 12.5. The van der Waals surface area contributed by atoms with Gasteiger partial charge in [0.25, 0.3) is 0 Å². The number of rotatable bonds is 6. The first-order chi connectivity index (χ1) is 8.96. The molecule has 0 radical (unpaired) electrons. The summed E-state index contributed by atoms with van der Waals surface area (Å²) in [6, 6.07) is 6.25. The van der Waals surface area contributed by atoms with Crippen molar-refractivity contribution in [3.8, 4) is 0 Å². The van der Waals surface area contributed by atoms with Crippen LogP contribution in [0.5, 0.6) is 0 Å². The Morgan fingerprint density at radius 1 is 1.42 bits per heavy atom. The zero-order chi connectivity index (χ0) is 14.1. The number of sulfone groups is 1. The number of benzene rings is 1. The summed E-state index contributed by atoms with van der Waals surface area (Å²) in [4.78, 5) is 0.300. The molecule has 6 heteroatoms. The van der Waals surface area contributed by atoms with Crippen LogP contribution in [0.2, 0.25) is 5.02 Å². The first-order valence-electron chi connectivity index (χ1n) is 6.23. The quantitative estimate of drug-likeness (QED) is 0.871. The molecule has 2 rings (SSSR count). The fraction of sp³-hybridized carbons (Fsp3) is 0.538. The molecule has 2 atom stereocenters. The molecule has 0 aliphatic heterocycles. The molecule has 0 saturated heterocycles. The van der Waals surface area contributed by atoms with E-state index < -0.39 is 20.5 Å². The van der Waals surface area contributed by atoms with Gasteiger partial charge in [-0.15, -0.1) is 0 Å². The molecule has 106 valence electrons. The van der Waals surface area contributed by atoms with Gasteiger partial charge in [0.05, 0.1) is 16.8 Å². The van der Waals surface area contributed by atoms with E-state index in [2.05, 4.69) is 0 Å². The van der Waals surface area contributed by atoms with Crippen LogP contribution in [-0.2, 0) is 14.6 Å². The van der Waals surface area contributed by atoms with Gasteiger partial charge in [0.1, 0.15) is 0 Å². The molecule has 1 aromatic rings. The molecule has 0 spiro atoms. The van der Waals surface area contributed by atoms with Crippen molar-refractivity contribution < 1.29 is 13.2 Å². The van der Waals surface area contributed by atoms with Crippen molar-refractivity contribution in [1.82, 2.24) is 0 Å². The van der Waals surface area contributed by atoms with Crippen molar-refractivity contribution in [2.45, 2.75) is 23.5 Å². The fourth-order valence-corrected chi connectivity index (χ4v) is 4.61. The van der Waals surface area contributed by atoms with Crippen LogP contribution in [0.25, 0.3) is 0 Å². The molecule has 0 bridgehead atoms. The van der Waals surface area contributed by atoms with Crippen LogP contribution in [0.1, 0.15) is 13.3 Å². The molecule has 19 heavy (non-hydrogen) atoms. The second-order valence-electron chi connectivity index (χ2n) is 4.90. The van der Waals surface area contributed by atoms with Gasteiger partial charge < -0.3 is 10.5 Å². The van der Waals surface area contributed by atoms with E-state index in [4.69, 9.17) is 22.1 Å². The maximum atomic E-state index is 12.5. The molecule has 1 fully saturated rings. The minimum atomic E-state index is -3.35. The van der Waals surface area contributed by atoms with Gasteiger partial charge in [0.15, 0.2) is 9.84 Å². The minimum Gasteiger partial charge on any atom is -0.381 e. The van der Waals surface area contributed by atoms with Crippen molar-refractivity contribution in [3.63, 3.8) is 0 Å². The summed E-state index contributed by atoms with van der Waals surface area (Å²) in [5.74, 6) is 0. The SMILES string of the molecule is CCOC[C@]1(CN)C[C@H]1S(=O)(=O)c1ccc(Cl)cc1. The van der Waals surface area contributed by atoms with E-state index in [1.54, 1.807) is 12.1 Å². The van der Waals surface area contributed by atoms with E-state index in [9.17, 15) is 8.42 Å². The molecule has 1 aliphatic carbocycles. The van der Waals surface area contributed by atoms with E-state index in [0.717, 1.165) is 0 Å². The molecule has 1 saturated carbocycles. The first kappa shape index (κ1) is 14.8. The normalized spacial score (nSPS) is 26.4. The molecule has 4 nitrogen and oxygen atoms in total.